The summed E-state index contributed by atoms with van der Waals surface area (Å²) in [6.45, 7) is 2.13. The van der Waals surface area contributed by atoms with Crippen LogP contribution in [0.25, 0.3) is 11.3 Å². The standard InChI is InChI=1S/C12H13N3/c1-2-9-5-3-4-6-10(9)11-7-12(13)15-8-14-11/h3-8H,2H2,1H3,(H2,13,14,15). The molecule has 0 unspecified atom stereocenters. The predicted molar refractivity (Wildman–Crippen MR) is 61.3 cm³/mol. The molecule has 2 rings (SSSR count). The van der Waals surface area contributed by atoms with E-state index in [-0.39, 0.29) is 0 Å². The van der Waals surface area contributed by atoms with Crippen molar-refractivity contribution in [2.75, 3.05) is 5.73 Å². The lowest BCUT2D eigenvalue weighted by Gasteiger charge is -2.06. The lowest BCUT2D eigenvalue weighted by molar-refractivity contribution is 1.12. The molecule has 0 amide bonds. The smallest absolute Gasteiger partial charge is 0.127 e. The molecule has 0 spiro atoms. The number of hydrogen-bond donors (Lipinski definition) is 1. The van der Waals surface area contributed by atoms with Gasteiger partial charge in [-0.05, 0) is 12.0 Å². The molecule has 0 saturated heterocycles. The van der Waals surface area contributed by atoms with Crippen LogP contribution in [-0.2, 0) is 6.42 Å². The van der Waals surface area contributed by atoms with Crippen molar-refractivity contribution in [3.05, 3.63) is 42.2 Å². The van der Waals surface area contributed by atoms with Crippen LogP contribution >= 0.6 is 0 Å². The molecule has 1 aromatic carbocycles. The number of nitrogens with two attached hydrogens (primary N) is 1. The molecule has 15 heavy (non-hydrogen) atoms. The first-order valence-electron chi connectivity index (χ1n) is 4.97. The number of anilines is 1. The van der Waals surface area contributed by atoms with Gasteiger partial charge in [0.2, 0.25) is 0 Å². The SMILES string of the molecule is CCc1ccccc1-c1cc(N)ncn1. The number of nitrogens with zero attached hydrogens (tertiary/aromatic N) is 2. The third-order valence-electron chi connectivity index (χ3n) is 2.36. The zero-order valence-electron chi connectivity index (χ0n) is 8.64. The molecule has 0 radical (unpaired) electrons. The molecule has 3 heteroatoms. The fraction of sp³-hybridized carbons (Fsp3) is 0.167. The van der Waals surface area contributed by atoms with Crippen LogP contribution in [0.5, 0.6) is 0 Å². The average Bonchev–Trinajstić information content (AvgIpc) is 2.29. The van der Waals surface area contributed by atoms with E-state index in [0.717, 1.165) is 17.7 Å². The van der Waals surface area contributed by atoms with Gasteiger partial charge in [-0.15, -0.1) is 0 Å². The Morgan fingerprint density at radius 1 is 1.20 bits per heavy atom. The Kier molecular flexibility index (Phi) is 2.63. The zero-order chi connectivity index (χ0) is 10.7. The van der Waals surface area contributed by atoms with Gasteiger partial charge in [0.15, 0.2) is 0 Å². The topological polar surface area (TPSA) is 51.8 Å². The predicted octanol–water partition coefficient (Wildman–Crippen LogP) is 2.29. The van der Waals surface area contributed by atoms with Gasteiger partial charge in [-0.2, -0.15) is 0 Å². The molecular formula is C12H13N3. The minimum Gasteiger partial charge on any atom is -0.384 e. The maximum absolute atomic E-state index is 5.64. The van der Waals surface area contributed by atoms with E-state index < -0.39 is 0 Å². The van der Waals surface area contributed by atoms with Crippen molar-refractivity contribution in [2.24, 2.45) is 0 Å². The summed E-state index contributed by atoms with van der Waals surface area (Å²) in [6, 6.07) is 10.0. The summed E-state index contributed by atoms with van der Waals surface area (Å²) >= 11 is 0. The summed E-state index contributed by atoms with van der Waals surface area (Å²) in [6.07, 6.45) is 2.48. The van der Waals surface area contributed by atoms with Crippen LogP contribution in [-0.4, -0.2) is 9.97 Å². The Bertz CT molecular complexity index is 466. The summed E-state index contributed by atoms with van der Waals surface area (Å²) in [5.41, 5.74) is 8.93. The zero-order valence-corrected chi connectivity index (χ0v) is 8.64. The van der Waals surface area contributed by atoms with E-state index in [0.29, 0.717) is 5.82 Å². The fourth-order valence-electron chi connectivity index (χ4n) is 1.60. The second-order valence-electron chi connectivity index (χ2n) is 3.34. The van der Waals surface area contributed by atoms with E-state index in [1.54, 1.807) is 6.07 Å². The van der Waals surface area contributed by atoms with E-state index in [2.05, 4.69) is 29.0 Å². The van der Waals surface area contributed by atoms with Crippen molar-refractivity contribution in [1.29, 1.82) is 0 Å². The van der Waals surface area contributed by atoms with Gasteiger partial charge in [-0.25, -0.2) is 9.97 Å². The molecule has 0 bridgehead atoms. The number of nitrogen functional groups attached to an aromatic ring is 1. The molecule has 3 nitrogen and oxygen atoms in total. The first-order chi connectivity index (χ1) is 7.31. The van der Waals surface area contributed by atoms with E-state index in [1.165, 1.54) is 11.9 Å². The Balaban J connectivity index is 2.53. The second kappa shape index (κ2) is 4.09. The number of rotatable bonds is 2. The molecule has 0 saturated carbocycles. The highest BCUT2D eigenvalue weighted by molar-refractivity contribution is 5.65. The van der Waals surface area contributed by atoms with Gasteiger partial charge in [-0.1, -0.05) is 31.2 Å². The molecule has 0 aliphatic rings. The molecule has 0 aliphatic carbocycles. The molecule has 1 heterocycles. The van der Waals surface area contributed by atoms with Crippen molar-refractivity contribution in [3.8, 4) is 11.3 Å². The molecule has 0 aliphatic heterocycles. The van der Waals surface area contributed by atoms with E-state index in [1.807, 2.05) is 12.1 Å². The molecular weight excluding hydrogens is 186 g/mol. The quantitative estimate of drug-likeness (QED) is 0.807. The lowest BCUT2D eigenvalue weighted by Crippen LogP contribution is -1.94. The van der Waals surface area contributed by atoms with Crippen molar-refractivity contribution >= 4 is 5.82 Å². The van der Waals surface area contributed by atoms with Crippen molar-refractivity contribution in [2.45, 2.75) is 13.3 Å². The van der Waals surface area contributed by atoms with Crippen molar-refractivity contribution in [3.63, 3.8) is 0 Å². The van der Waals surface area contributed by atoms with Gasteiger partial charge < -0.3 is 5.73 Å². The number of benzene rings is 1. The molecule has 1 aromatic heterocycles. The summed E-state index contributed by atoms with van der Waals surface area (Å²) in [5, 5.41) is 0. The van der Waals surface area contributed by atoms with Crippen LogP contribution in [0.15, 0.2) is 36.7 Å². The highest BCUT2D eigenvalue weighted by atomic mass is 14.9. The molecule has 0 atom stereocenters. The van der Waals surface area contributed by atoms with Crippen LogP contribution in [0.2, 0.25) is 0 Å². The van der Waals surface area contributed by atoms with Gasteiger partial charge in [0.1, 0.15) is 12.1 Å². The van der Waals surface area contributed by atoms with Gasteiger partial charge in [-0.3, -0.25) is 0 Å². The summed E-state index contributed by atoms with van der Waals surface area (Å²) in [5.74, 6) is 0.505. The fourth-order valence-corrected chi connectivity index (χ4v) is 1.60. The summed E-state index contributed by atoms with van der Waals surface area (Å²) in [4.78, 5) is 8.11. The number of hydrogen-bond acceptors (Lipinski definition) is 3. The van der Waals surface area contributed by atoms with Crippen LogP contribution in [0, 0.1) is 0 Å². The van der Waals surface area contributed by atoms with Crippen LogP contribution in [0.1, 0.15) is 12.5 Å². The van der Waals surface area contributed by atoms with Gasteiger partial charge in [0, 0.05) is 11.6 Å². The Morgan fingerprint density at radius 2 is 2.00 bits per heavy atom. The summed E-state index contributed by atoms with van der Waals surface area (Å²) < 4.78 is 0. The Morgan fingerprint density at radius 3 is 2.73 bits per heavy atom. The third kappa shape index (κ3) is 1.96. The van der Waals surface area contributed by atoms with Gasteiger partial charge in [0.05, 0.1) is 5.69 Å². The van der Waals surface area contributed by atoms with Crippen LogP contribution in [0.4, 0.5) is 5.82 Å². The first-order valence-corrected chi connectivity index (χ1v) is 4.97. The highest BCUT2D eigenvalue weighted by Gasteiger charge is 2.04. The van der Waals surface area contributed by atoms with Crippen LogP contribution < -0.4 is 5.73 Å². The highest BCUT2D eigenvalue weighted by Crippen LogP contribution is 2.22. The number of aryl methyl sites for hydroxylation is 1. The third-order valence-corrected chi connectivity index (χ3v) is 2.36. The van der Waals surface area contributed by atoms with E-state index >= 15 is 0 Å². The maximum Gasteiger partial charge on any atom is 0.127 e. The average molecular weight is 199 g/mol. The molecule has 2 aromatic rings. The van der Waals surface area contributed by atoms with E-state index in [9.17, 15) is 0 Å². The normalized spacial score (nSPS) is 10.2. The maximum atomic E-state index is 5.64. The first kappa shape index (κ1) is 9.65. The Hall–Kier alpha value is -1.90. The molecule has 76 valence electrons. The lowest BCUT2D eigenvalue weighted by atomic mass is 10.0. The number of aromatic nitrogens is 2. The second-order valence-corrected chi connectivity index (χ2v) is 3.34. The minimum absolute atomic E-state index is 0.505. The summed E-state index contributed by atoms with van der Waals surface area (Å²) in [7, 11) is 0. The minimum atomic E-state index is 0.505. The monoisotopic (exact) mass is 199 g/mol. The molecule has 2 N–H and O–H groups in total. The van der Waals surface area contributed by atoms with Gasteiger partial charge >= 0.3 is 0 Å². The van der Waals surface area contributed by atoms with Crippen LogP contribution in [0.3, 0.4) is 0 Å². The van der Waals surface area contributed by atoms with Crippen molar-refractivity contribution in [1.82, 2.24) is 9.97 Å². The van der Waals surface area contributed by atoms with Gasteiger partial charge in [0.25, 0.3) is 0 Å². The molecule has 0 fully saturated rings. The van der Waals surface area contributed by atoms with E-state index in [4.69, 9.17) is 5.73 Å². The Labute approximate surface area is 89.0 Å². The largest absolute Gasteiger partial charge is 0.384 e. The van der Waals surface area contributed by atoms with Crippen molar-refractivity contribution < 1.29 is 0 Å².